The van der Waals surface area contributed by atoms with Crippen molar-refractivity contribution in [1.82, 2.24) is 4.31 Å². The third-order valence-corrected chi connectivity index (χ3v) is 5.47. The number of nitrogens with zero attached hydrogens (tertiary/aromatic N) is 1. The Morgan fingerprint density at radius 2 is 1.61 bits per heavy atom. The number of hydrogen-bond acceptors (Lipinski definition) is 3. The first-order valence-corrected chi connectivity index (χ1v) is 9.05. The molecular formula is C18H21NO3S. The van der Waals surface area contributed by atoms with E-state index < -0.39 is 10.0 Å². The van der Waals surface area contributed by atoms with Gasteiger partial charge in [-0.2, -0.15) is 0 Å². The van der Waals surface area contributed by atoms with Gasteiger partial charge >= 0.3 is 0 Å². The third kappa shape index (κ3) is 4.20. The molecule has 4 nitrogen and oxygen atoms in total. The summed E-state index contributed by atoms with van der Waals surface area (Å²) >= 11 is 0. The molecule has 0 saturated carbocycles. The van der Waals surface area contributed by atoms with Crippen molar-refractivity contribution in [2.45, 2.75) is 31.6 Å². The highest BCUT2D eigenvalue weighted by Crippen LogP contribution is 2.18. The van der Waals surface area contributed by atoms with Crippen LogP contribution in [0.2, 0.25) is 0 Å². The van der Waals surface area contributed by atoms with Crippen LogP contribution in [0.15, 0.2) is 59.5 Å². The molecule has 1 amide bonds. The van der Waals surface area contributed by atoms with Crippen LogP contribution in [-0.4, -0.2) is 25.2 Å². The van der Waals surface area contributed by atoms with Gasteiger partial charge in [0.25, 0.3) is 10.0 Å². The Morgan fingerprint density at radius 1 is 1.00 bits per heavy atom. The van der Waals surface area contributed by atoms with Gasteiger partial charge in [-0.05, 0) is 31.0 Å². The molecule has 122 valence electrons. The largest absolute Gasteiger partial charge is 0.274 e. The maximum Gasteiger partial charge on any atom is 0.266 e. The predicted molar refractivity (Wildman–Crippen MR) is 90.5 cm³/mol. The van der Waals surface area contributed by atoms with Gasteiger partial charge in [-0.3, -0.25) is 4.79 Å². The first-order chi connectivity index (χ1) is 10.9. The quantitative estimate of drug-likeness (QED) is 0.817. The zero-order valence-corrected chi connectivity index (χ0v) is 14.2. The van der Waals surface area contributed by atoms with E-state index in [1.807, 2.05) is 37.3 Å². The van der Waals surface area contributed by atoms with Crippen LogP contribution in [0.3, 0.4) is 0 Å². The number of aryl methyl sites for hydroxylation is 1. The van der Waals surface area contributed by atoms with E-state index in [9.17, 15) is 13.2 Å². The summed E-state index contributed by atoms with van der Waals surface area (Å²) in [6.07, 6.45) is 0.650. The molecule has 2 rings (SSSR count). The number of hydrogen-bond donors (Lipinski definition) is 0. The highest BCUT2D eigenvalue weighted by atomic mass is 32.2. The molecule has 0 aliphatic carbocycles. The van der Waals surface area contributed by atoms with Gasteiger partial charge in [-0.25, -0.2) is 12.7 Å². The van der Waals surface area contributed by atoms with Crippen LogP contribution >= 0.6 is 0 Å². The van der Waals surface area contributed by atoms with Gasteiger partial charge in [0, 0.05) is 13.0 Å². The van der Waals surface area contributed by atoms with E-state index in [0.717, 1.165) is 15.4 Å². The molecule has 0 atom stereocenters. The molecule has 0 bridgehead atoms. The fourth-order valence-corrected chi connectivity index (χ4v) is 3.73. The lowest BCUT2D eigenvalue weighted by molar-refractivity contribution is -0.126. The van der Waals surface area contributed by atoms with E-state index in [2.05, 4.69) is 0 Å². The zero-order chi connectivity index (χ0) is 16.9. The van der Waals surface area contributed by atoms with Crippen LogP contribution in [0.1, 0.15) is 24.5 Å². The van der Waals surface area contributed by atoms with Gasteiger partial charge in [0.05, 0.1) is 4.90 Å². The Balaban J connectivity index is 2.26. The molecule has 0 N–H and O–H groups in total. The van der Waals surface area contributed by atoms with Gasteiger partial charge in [0.1, 0.15) is 0 Å². The molecule has 0 aliphatic heterocycles. The SMILES string of the molecule is CCC(=O)N(CCc1ccccc1)S(=O)(=O)c1ccc(C)cc1. The molecule has 0 aliphatic rings. The normalized spacial score (nSPS) is 11.2. The Labute approximate surface area is 137 Å². The zero-order valence-electron chi connectivity index (χ0n) is 13.4. The fraction of sp³-hybridized carbons (Fsp3) is 0.278. The van der Waals surface area contributed by atoms with Crippen molar-refractivity contribution >= 4 is 15.9 Å². The van der Waals surface area contributed by atoms with Gasteiger partial charge in [-0.1, -0.05) is 55.0 Å². The van der Waals surface area contributed by atoms with Gasteiger partial charge in [-0.15, -0.1) is 0 Å². The number of carbonyl (C=O) groups excluding carboxylic acids is 1. The number of amides is 1. The molecule has 0 fully saturated rings. The first kappa shape index (κ1) is 17.2. The molecule has 23 heavy (non-hydrogen) atoms. The standard InChI is InChI=1S/C18H21NO3S/c1-3-18(20)19(14-13-16-7-5-4-6-8-16)23(21,22)17-11-9-15(2)10-12-17/h4-12H,3,13-14H2,1-2H3. The molecule has 0 heterocycles. The number of sulfonamides is 1. The van der Waals surface area contributed by atoms with Crippen molar-refractivity contribution in [1.29, 1.82) is 0 Å². The van der Waals surface area contributed by atoms with Crippen molar-refractivity contribution in [3.05, 3.63) is 65.7 Å². The van der Waals surface area contributed by atoms with Crippen LogP contribution in [0.4, 0.5) is 0 Å². The smallest absolute Gasteiger partial charge is 0.266 e. The lowest BCUT2D eigenvalue weighted by atomic mass is 10.1. The summed E-state index contributed by atoms with van der Waals surface area (Å²) in [6.45, 7) is 3.70. The Morgan fingerprint density at radius 3 is 2.17 bits per heavy atom. The second-order valence-electron chi connectivity index (χ2n) is 5.37. The van der Waals surface area contributed by atoms with Crippen LogP contribution < -0.4 is 0 Å². The van der Waals surface area contributed by atoms with E-state index >= 15 is 0 Å². The van der Waals surface area contributed by atoms with Crippen LogP contribution in [0, 0.1) is 6.92 Å². The lowest BCUT2D eigenvalue weighted by Gasteiger charge is -2.22. The highest BCUT2D eigenvalue weighted by molar-refractivity contribution is 7.89. The molecule has 0 radical (unpaired) electrons. The maximum atomic E-state index is 12.8. The average molecular weight is 331 g/mol. The minimum absolute atomic E-state index is 0.146. The van der Waals surface area contributed by atoms with Crippen LogP contribution in [0.25, 0.3) is 0 Å². The highest BCUT2D eigenvalue weighted by Gasteiger charge is 2.27. The minimum atomic E-state index is -3.82. The summed E-state index contributed by atoms with van der Waals surface area (Å²) in [5.74, 6) is -0.387. The summed E-state index contributed by atoms with van der Waals surface area (Å²) in [6, 6.07) is 16.1. The number of carbonyl (C=O) groups is 1. The monoisotopic (exact) mass is 331 g/mol. The minimum Gasteiger partial charge on any atom is -0.274 e. The Bertz CT molecular complexity index is 753. The third-order valence-electron chi connectivity index (χ3n) is 3.64. The van der Waals surface area contributed by atoms with Crippen molar-refractivity contribution in [3.63, 3.8) is 0 Å². The van der Waals surface area contributed by atoms with Gasteiger partial charge in [0.2, 0.25) is 5.91 Å². The molecule has 2 aromatic rings. The summed E-state index contributed by atoms with van der Waals surface area (Å²) in [7, 11) is -3.82. The predicted octanol–water partition coefficient (Wildman–Crippen LogP) is 3.17. The number of benzene rings is 2. The van der Waals surface area contributed by atoms with Gasteiger partial charge < -0.3 is 0 Å². The Hall–Kier alpha value is -2.14. The second kappa shape index (κ2) is 7.42. The van der Waals surface area contributed by atoms with Crippen molar-refractivity contribution < 1.29 is 13.2 Å². The lowest BCUT2D eigenvalue weighted by Crippen LogP contribution is -2.38. The molecule has 2 aromatic carbocycles. The summed E-state index contributed by atoms with van der Waals surface area (Å²) in [5.41, 5.74) is 1.97. The average Bonchev–Trinajstić information content (AvgIpc) is 2.56. The van der Waals surface area contributed by atoms with Crippen LogP contribution in [0.5, 0.6) is 0 Å². The van der Waals surface area contributed by atoms with Crippen molar-refractivity contribution in [3.8, 4) is 0 Å². The van der Waals surface area contributed by atoms with E-state index in [1.165, 1.54) is 0 Å². The van der Waals surface area contributed by atoms with E-state index in [1.54, 1.807) is 31.2 Å². The van der Waals surface area contributed by atoms with E-state index in [0.29, 0.717) is 6.42 Å². The fourth-order valence-electron chi connectivity index (χ4n) is 2.27. The number of rotatable bonds is 6. The molecule has 0 spiro atoms. The molecule has 0 aromatic heterocycles. The maximum absolute atomic E-state index is 12.8. The summed E-state index contributed by atoms with van der Waals surface area (Å²) in [4.78, 5) is 12.3. The van der Waals surface area contributed by atoms with E-state index in [-0.39, 0.29) is 23.8 Å². The van der Waals surface area contributed by atoms with Crippen molar-refractivity contribution in [2.75, 3.05) is 6.54 Å². The summed E-state index contributed by atoms with van der Waals surface area (Å²) in [5, 5.41) is 0. The van der Waals surface area contributed by atoms with E-state index in [4.69, 9.17) is 0 Å². The first-order valence-electron chi connectivity index (χ1n) is 7.61. The second-order valence-corrected chi connectivity index (χ2v) is 7.24. The van der Waals surface area contributed by atoms with Crippen LogP contribution in [-0.2, 0) is 21.2 Å². The molecule has 0 saturated heterocycles. The topological polar surface area (TPSA) is 54.5 Å². The van der Waals surface area contributed by atoms with Crippen molar-refractivity contribution in [2.24, 2.45) is 0 Å². The molecular weight excluding hydrogens is 310 g/mol. The van der Waals surface area contributed by atoms with Gasteiger partial charge in [0.15, 0.2) is 0 Å². The summed E-state index contributed by atoms with van der Waals surface area (Å²) < 4.78 is 26.5. The molecule has 5 heteroatoms. The molecule has 0 unspecified atom stereocenters. The Kier molecular flexibility index (Phi) is 5.55.